The highest BCUT2D eigenvalue weighted by Crippen LogP contribution is 2.65. The normalized spacial score (nSPS) is 37.2. The molecule has 0 saturated heterocycles. The second-order valence-electron chi connectivity index (χ2n) is 10.1. The van der Waals surface area contributed by atoms with Gasteiger partial charge < -0.3 is 11.1 Å². The Bertz CT molecular complexity index is 979. The summed E-state index contributed by atoms with van der Waals surface area (Å²) in [5, 5.41) is 9.33. The average Bonchev–Trinajstić information content (AvgIpc) is 3.30. The maximum atomic E-state index is 5.64. The van der Waals surface area contributed by atoms with Crippen molar-refractivity contribution in [3.05, 3.63) is 29.3 Å². The van der Waals surface area contributed by atoms with Crippen molar-refractivity contribution in [2.24, 2.45) is 39.4 Å². The van der Waals surface area contributed by atoms with Crippen LogP contribution in [0.5, 0.6) is 0 Å². The molecule has 2 saturated carbocycles. The lowest BCUT2D eigenvalue weighted by atomic mass is 9.48. The van der Waals surface area contributed by atoms with Gasteiger partial charge in [0.1, 0.15) is 0 Å². The SMILES string of the molecule is C=CCNc1nc2c(s1)C1=CC[C@@H]3[C@H](CC[C@]4(C)/C(=N/NC(N)=S)CC[C@@H]34)[C@@]1(C)CC2. The van der Waals surface area contributed by atoms with Crippen LogP contribution in [0, 0.1) is 28.6 Å². The average molecular weight is 456 g/mol. The molecule has 4 N–H and O–H groups in total. The number of nitrogens with two attached hydrogens (primary N) is 1. The number of thiazole rings is 1. The first-order valence-electron chi connectivity index (χ1n) is 11.5. The Labute approximate surface area is 194 Å². The number of allylic oxidation sites excluding steroid dienone is 2. The van der Waals surface area contributed by atoms with Crippen LogP contribution >= 0.6 is 23.6 Å². The molecular formula is C24H33N5S2. The predicted octanol–water partition coefficient (Wildman–Crippen LogP) is 5.11. The van der Waals surface area contributed by atoms with E-state index in [0.717, 1.165) is 36.4 Å². The number of aryl methyl sites for hydroxylation is 1. The van der Waals surface area contributed by atoms with Crippen LogP contribution in [0.2, 0.25) is 0 Å². The third-order valence-corrected chi connectivity index (χ3v) is 9.91. The first-order valence-corrected chi connectivity index (χ1v) is 12.8. The van der Waals surface area contributed by atoms with Crippen LogP contribution in [0.15, 0.2) is 23.8 Å². The van der Waals surface area contributed by atoms with Gasteiger partial charge in [-0.15, -0.1) is 6.58 Å². The van der Waals surface area contributed by atoms with Crippen molar-refractivity contribution in [3.63, 3.8) is 0 Å². The number of fused-ring (bicyclic) bond motifs is 7. The third kappa shape index (κ3) is 3.27. The van der Waals surface area contributed by atoms with E-state index in [0.29, 0.717) is 5.92 Å². The summed E-state index contributed by atoms with van der Waals surface area (Å²) in [7, 11) is 0. The van der Waals surface area contributed by atoms with Crippen LogP contribution in [0.4, 0.5) is 5.13 Å². The zero-order valence-electron chi connectivity index (χ0n) is 18.5. The van der Waals surface area contributed by atoms with E-state index in [4.69, 9.17) is 22.9 Å². The summed E-state index contributed by atoms with van der Waals surface area (Å²) in [4.78, 5) is 6.33. The van der Waals surface area contributed by atoms with E-state index < -0.39 is 0 Å². The number of hydrogen-bond acceptors (Lipinski definition) is 5. The fourth-order valence-electron chi connectivity index (χ4n) is 7.21. The Morgan fingerprint density at radius 1 is 1.32 bits per heavy atom. The molecule has 0 unspecified atom stereocenters. The zero-order chi connectivity index (χ0) is 21.8. The molecule has 5 nitrogen and oxygen atoms in total. The van der Waals surface area contributed by atoms with E-state index in [1.807, 2.05) is 17.4 Å². The number of nitrogens with zero attached hydrogens (tertiary/aromatic N) is 2. The van der Waals surface area contributed by atoms with Crippen molar-refractivity contribution >= 4 is 45.1 Å². The predicted molar refractivity (Wildman–Crippen MR) is 134 cm³/mol. The van der Waals surface area contributed by atoms with E-state index in [-0.39, 0.29) is 15.9 Å². The highest BCUT2D eigenvalue weighted by atomic mass is 32.1. The van der Waals surface area contributed by atoms with Gasteiger partial charge in [-0.25, -0.2) is 4.98 Å². The largest absolute Gasteiger partial charge is 0.375 e. The lowest BCUT2D eigenvalue weighted by Gasteiger charge is -2.56. The Kier molecular flexibility index (Phi) is 5.25. The molecule has 1 aromatic heterocycles. The Morgan fingerprint density at radius 3 is 2.90 bits per heavy atom. The Hall–Kier alpha value is -1.73. The molecule has 2 fully saturated rings. The number of thiocarbonyl (C=S) groups is 1. The Morgan fingerprint density at radius 2 is 2.13 bits per heavy atom. The summed E-state index contributed by atoms with van der Waals surface area (Å²) in [6.07, 6.45) is 12.7. The van der Waals surface area contributed by atoms with Crippen LogP contribution in [0.1, 0.15) is 62.9 Å². The first-order chi connectivity index (χ1) is 14.9. The fourth-order valence-corrected chi connectivity index (χ4v) is 8.45. The van der Waals surface area contributed by atoms with E-state index in [9.17, 15) is 0 Å². The van der Waals surface area contributed by atoms with Crippen LogP contribution < -0.4 is 16.5 Å². The summed E-state index contributed by atoms with van der Waals surface area (Å²) in [6, 6.07) is 0. The summed E-state index contributed by atoms with van der Waals surface area (Å²) in [5.41, 5.74) is 13.1. The fraction of sp³-hybridized carbons (Fsp3) is 0.625. The molecule has 0 amide bonds. The molecule has 0 aromatic carbocycles. The Balaban J connectivity index is 1.45. The molecule has 0 aliphatic heterocycles. The lowest BCUT2D eigenvalue weighted by Crippen LogP contribution is -2.49. The van der Waals surface area contributed by atoms with Gasteiger partial charge in [-0.2, -0.15) is 5.10 Å². The standard InChI is InChI=1S/C24H33N5S2/c1-4-13-26-22-27-18-10-12-23(2)16-9-11-24(3)15(7-8-19(24)28-29-21(25)30)14(16)5-6-17(23)20(18)31-22/h4,6,14-16H,1,5,7-13H2,2-3H3,(H,26,27)(H3,25,29,30)/b28-19+/t14-,15-,16-,23+,24-/m0/s1. The molecule has 1 aromatic rings. The molecule has 0 bridgehead atoms. The minimum absolute atomic E-state index is 0.173. The van der Waals surface area contributed by atoms with Crippen molar-refractivity contribution in [1.82, 2.24) is 10.4 Å². The van der Waals surface area contributed by atoms with Crippen LogP contribution in [-0.2, 0) is 6.42 Å². The maximum absolute atomic E-state index is 5.64. The van der Waals surface area contributed by atoms with Gasteiger partial charge in [-0.05, 0) is 85.9 Å². The zero-order valence-corrected chi connectivity index (χ0v) is 20.2. The van der Waals surface area contributed by atoms with Crippen LogP contribution in [0.3, 0.4) is 0 Å². The topological polar surface area (TPSA) is 75.3 Å². The highest BCUT2D eigenvalue weighted by Gasteiger charge is 2.58. The van der Waals surface area contributed by atoms with Gasteiger partial charge in [0, 0.05) is 17.7 Å². The highest BCUT2D eigenvalue weighted by molar-refractivity contribution is 7.80. The summed E-state index contributed by atoms with van der Waals surface area (Å²) >= 11 is 6.82. The lowest BCUT2D eigenvalue weighted by molar-refractivity contribution is 0.0116. The van der Waals surface area contributed by atoms with Gasteiger partial charge in [-0.1, -0.05) is 37.3 Å². The van der Waals surface area contributed by atoms with Gasteiger partial charge >= 0.3 is 0 Å². The van der Waals surface area contributed by atoms with Gasteiger partial charge in [0.05, 0.1) is 10.6 Å². The number of hydrazone groups is 1. The molecule has 166 valence electrons. The third-order valence-electron chi connectivity index (χ3n) is 8.73. The van der Waals surface area contributed by atoms with Crippen molar-refractivity contribution in [2.75, 3.05) is 11.9 Å². The summed E-state index contributed by atoms with van der Waals surface area (Å²) < 4.78 is 0. The second kappa shape index (κ2) is 7.69. The number of aromatic nitrogens is 1. The van der Waals surface area contributed by atoms with Crippen molar-refractivity contribution in [1.29, 1.82) is 0 Å². The van der Waals surface area contributed by atoms with Gasteiger partial charge in [-0.3, -0.25) is 5.43 Å². The molecule has 5 rings (SSSR count). The molecule has 7 heteroatoms. The van der Waals surface area contributed by atoms with Gasteiger partial charge in [0.25, 0.3) is 0 Å². The van der Waals surface area contributed by atoms with E-state index >= 15 is 0 Å². The van der Waals surface area contributed by atoms with Gasteiger partial charge in [0.2, 0.25) is 0 Å². The summed E-state index contributed by atoms with van der Waals surface area (Å²) in [5.74, 6) is 2.17. The van der Waals surface area contributed by atoms with E-state index in [1.165, 1.54) is 48.4 Å². The smallest absolute Gasteiger partial charge is 0.184 e. The second-order valence-corrected chi connectivity index (χ2v) is 11.6. The van der Waals surface area contributed by atoms with Crippen molar-refractivity contribution < 1.29 is 0 Å². The number of anilines is 1. The minimum atomic E-state index is 0.173. The number of rotatable bonds is 4. The molecule has 4 aliphatic rings. The molecular weight excluding hydrogens is 422 g/mol. The van der Waals surface area contributed by atoms with E-state index in [2.05, 4.69) is 42.3 Å². The minimum Gasteiger partial charge on any atom is -0.375 e. The molecule has 1 heterocycles. The monoisotopic (exact) mass is 455 g/mol. The van der Waals surface area contributed by atoms with Crippen molar-refractivity contribution in [2.45, 2.75) is 58.8 Å². The van der Waals surface area contributed by atoms with Crippen LogP contribution in [0.25, 0.3) is 5.57 Å². The number of hydrogen-bond donors (Lipinski definition) is 3. The molecule has 0 radical (unpaired) electrons. The van der Waals surface area contributed by atoms with E-state index in [1.54, 1.807) is 5.57 Å². The van der Waals surface area contributed by atoms with Gasteiger partial charge in [0.15, 0.2) is 10.2 Å². The molecule has 4 aliphatic carbocycles. The van der Waals surface area contributed by atoms with Crippen molar-refractivity contribution in [3.8, 4) is 0 Å². The first kappa shape index (κ1) is 21.1. The molecule has 0 spiro atoms. The molecule has 31 heavy (non-hydrogen) atoms. The molecule has 5 atom stereocenters. The summed E-state index contributed by atoms with van der Waals surface area (Å²) in [6.45, 7) is 9.55. The number of nitrogens with one attached hydrogen (secondary N) is 2. The van der Waals surface area contributed by atoms with Crippen LogP contribution in [-0.4, -0.2) is 22.4 Å². The maximum Gasteiger partial charge on any atom is 0.184 e. The quantitative estimate of drug-likeness (QED) is 0.334.